The zero-order valence-corrected chi connectivity index (χ0v) is 17.1. The van der Waals surface area contributed by atoms with Crippen LogP contribution in [0, 0.1) is 5.92 Å². The molecule has 1 saturated heterocycles. The molecule has 2 heterocycles. The van der Waals surface area contributed by atoms with Gasteiger partial charge in [0.25, 0.3) is 11.8 Å². The van der Waals surface area contributed by atoms with E-state index in [1.807, 2.05) is 36.4 Å². The second-order valence-electron chi connectivity index (χ2n) is 7.62. The van der Waals surface area contributed by atoms with Crippen molar-refractivity contribution < 1.29 is 18.7 Å². The normalized spacial score (nSPS) is 14.4. The molecule has 0 radical (unpaired) electrons. The zero-order valence-electron chi connectivity index (χ0n) is 17.1. The lowest BCUT2D eigenvalue weighted by Crippen LogP contribution is -2.43. The number of ether oxygens (including phenoxy) is 1. The third-order valence-electron chi connectivity index (χ3n) is 5.51. The number of para-hydroxylation sites is 2. The summed E-state index contributed by atoms with van der Waals surface area (Å²) < 4.78 is 10.8. The Bertz CT molecular complexity index is 1120. The van der Waals surface area contributed by atoms with Crippen molar-refractivity contribution in [3.8, 4) is 5.75 Å². The number of nitrogens with one attached hydrogen (secondary N) is 1. The van der Waals surface area contributed by atoms with Crippen LogP contribution in [0.2, 0.25) is 0 Å². The molecule has 3 aromatic rings. The first kappa shape index (κ1) is 20.7. The van der Waals surface area contributed by atoms with E-state index in [9.17, 15) is 14.4 Å². The van der Waals surface area contributed by atoms with Crippen LogP contribution in [-0.4, -0.2) is 43.0 Å². The first-order valence-electron chi connectivity index (χ1n) is 10.4. The van der Waals surface area contributed by atoms with Crippen LogP contribution in [0.4, 0.5) is 0 Å². The van der Waals surface area contributed by atoms with E-state index in [0.717, 1.165) is 12.8 Å². The number of nitrogens with zero attached hydrogens (tertiary/aromatic N) is 1. The number of carbonyl (C=O) groups excluding carboxylic acids is 2. The highest BCUT2D eigenvalue weighted by Crippen LogP contribution is 2.18. The Morgan fingerprint density at radius 2 is 1.74 bits per heavy atom. The van der Waals surface area contributed by atoms with Gasteiger partial charge in [-0.1, -0.05) is 36.4 Å². The number of fused-ring (bicyclic) bond motifs is 1. The van der Waals surface area contributed by atoms with Crippen molar-refractivity contribution in [3.63, 3.8) is 0 Å². The zero-order chi connectivity index (χ0) is 21.6. The summed E-state index contributed by atoms with van der Waals surface area (Å²) in [6.07, 6.45) is 1.56. The Morgan fingerprint density at radius 1 is 1.03 bits per heavy atom. The summed E-state index contributed by atoms with van der Waals surface area (Å²) in [6, 6.07) is 17.9. The molecule has 2 amide bonds. The van der Waals surface area contributed by atoms with Gasteiger partial charge in [0.1, 0.15) is 16.9 Å². The number of carbonyl (C=O) groups is 2. The van der Waals surface area contributed by atoms with E-state index in [4.69, 9.17) is 9.15 Å². The fourth-order valence-electron chi connectivity index (χ4n) is 3.69. The summed E-state index contributed by atoms with van der Waals surface area (Å²) in [5.74, 6) is 0.441. The molecule has 1 aliphatic heterocycles. The van der Waals surface area contributed by atoms with Crippen LogP contribution in [0.1, 0.15) is 23.2 Å². The third kappa shape index (κ3) is 5.12. The summed E-state index contributed by atoms with van der Waals surface area (Å²) >= 11 is 0. The summed E-state index contributed by atoms with van der Waals surface area (Å²) in [5.41, 5.74) is -0.184. The summed E-state index contributed by atoms with van der Waals surface area (Å²) in [5, 5.41) is 3.54. The third-order valence-corrected chi connectivity index (χ3v) is 5.51. The standard InChI is InChI=1S/C24H24N2O5/c27-22(16-30-19-7-2-1-3-8-19)26-12-10-17(11-13-26)15-25-23(28)20-14-18-6-4-5-9-21(18)31-24(20)29/h1-9,14,17H,10-13,15-16H2,(H,25,28). The van der Waals surface area contributed by atoms with Gasteiger partial charge in [-0.3, -0.25) is 9.59 Å². The molecule has 1 aromatic heterocycles. The number of amides is 2. The van der Waals surface area contributed by atoms with Crippen molar-refractivity contribution in [1.29, 1.82) is 0 Å². The molecule has 1 N–H and O–H groups in total. The first-order chi connectivity index (χ1) is 15.1. The van der Waals surface area contributed by atoms with Gasteiger partial charge in [0, 0.05) is 25.0 Å². The Morgan fingerprint density at radius 3 is 2.52 bits per heavy atom. The average Bonchev–Trinajstić information content (AvgIpc) is 2.81. The van der Waals surface area contributed by atoms with Crippen LogP contribution in [0.5, 0.6) is 5.75 Å². The number of hydrogen-bond donors (Lipinski definition) is 1. The van der Waals surface area contributed by atoms with E-state index in [0.29, 0.717) is 36.4 Å². The number of benzene rings is 2. The molecule has 1 fully saturated rings. The predicted octanol–water partition coefficient (Wildman–Crippen LogP) is 2.84. The van der Waals surface area contributed by atoms with E-state index in [2.05, 4.69) is 5.32 Å². The minimum absolute atomic E-state index is 0.00405. The molecule has 7 nitrogen and oxygen atoms in total. The van der Waals surface area contributed by atoms with E-state index >= 15 is 0 Å². The van der Waals surface area contributed by atoms with Crippen LogP contribution in [0.15, 0.2) is 69.9 Å². The first-order valence-corrected chi connectivity index (χ1v) is 10.4. The van der Waals surface area contributed by atoms with Gasteiger partial charge in [0.2, 0.25) is 0 Å². The SMILES string of the molecule is O=C(NCC1CCN(C(=O)COc2ccccc2)CC1)c1cc2ccccc2oc1=O. The maximum atomic E-state index is 12.5. The van der Waals surface area contributed by atoms with Crippen molar-refractivity contribution >= 4 is 22.8 Å². The lowest BCUT2D eigenvalue weighted by molar-refractivity contribution is -0.134. The topological polar surface area (TPSA) is 88.8 Å². The molecule has 160 valence electrons. The molecule has 0 aliphatic carbocycles. The lowest BCUT2D eigenvalue weighted by Gasteiger charge is -2.32. The molecule has 2 aromatic carbocycles. The Kier molecular flexibility index (Phi) is 6.31. The molecule has 0 atom stereocenters. The summed E-state index contributed by atoms with van der Waals surface area (Å²) in [7, 11) is 0. The Balaban J connectivity index is 1.25. The van der Waals surface area contributed by atoms with Gasteiger partial charge < -0.3 is 19.4 Å². The van der Waals surface area contributed by atoms with Crippen molar-refractivity contribution in [3.05, 3.63) is 76.6 Å². The monoisotopic (exact) mass is 420 g/mol. The highest BCUT2D eigenvalue weighted by atomic mass is 16.5. The van der Waals surface area contributed by atoms with Crippen molar-refractivity contribution in [1.82, 2.24) is 10.2 Å². The smallest absolute Gasteiger partial charge is 0.349 e. The number of piperidine rings is 1. The minimum Gasteiger partial charge on any atom is -0.484 e. The largest absolute Gasteiger partial charge is 0.484 e. The summed E-state index contributed by atoms with van der Waals surface area (Å²) in [6.45, 7) is 1.71. The molecule has 4 rings (SSSR count). The van der Waals surface area contributed by atoms with Crippen molar-refractivity contribution in [2.75, 3.05) is 26.2 Å². The number of rotatable bonds is 6. The van der Waals surface area contributed by atoms with Crippen LogP contribution >= 0.6 is 0 Å². The summed E-state index contributed by atoms with van der Waals surface area (Å²) in [4.78, 5) is 38.8. The van der Waals surface area contributed by atoms with E-state index in [1.54, 1.807) is 29.2 Å². The number of hydrogen-bond acceptors (Lipinski definition) is 5. The molecule has 0 unspecified atom stereocenters. The van der Waals surface area contributed by atoms with Gasteiger partial charge in [-0.25, -0.2) is 4.79 Å². The maximum absolute atomic E-state index is 12.5. The second-order valence-corrected chi connectivity index (χ2v) is 7.62. The number of likely N-dealkylation sites (tertiary alicyclic amines) is 1. The fourth-order valence-corrected chi connectivity index (χ4v) is 3.69. The van der Waals surface area contributed by atoms with Gasteiger partial charge in [-0.05, 0) is 43.0 Å². The van der Waals surface area contributed by atoms with Gasteiger partial charge in [0.15, 0.2) is 6.61 Å². The highest BCUT2D eigenvalue weighted by Gasteiger charge is 2.24. The Hall–Kier alpha value is -3.61. The van der Waals surface area contributed by atoms with Gasteiger partial charge in [-0.2, -0.15) is 0 Å². The van der Waals surface area contributed by atoms with Crippen LogP contribution in [0.3, 0.4) is 0 Å². The van der Waals surface area contributed by atoms with Crippen LogP contribution in [0.25, 0.3) is 11.0 Å². The fraction of sp³-hybridized carbons (Fsp3) is 0.292. The predicted molar refractivity (Wildman–Crippen MR) is 116 cm³/mol. The van der Waals surface area contributed by atoms with Crippen molar-refractivity contribution in [2.45, 2.75) is 12.8 Å². The molecule has 0 saturated carbocycles. The van der Waals surface area contributed by atoms with E-state index in [-0.39, 0.29) is 24.0 Å². The van der Waals surface area contributed by atoms with Gasteiger partial charge >= 0.3 is 5.63 Å². The molecule has 0 spiro atoms. The second kappa shape index (κ2) is 9.47. The van der Waals surface area contributed by atoms with Crippen molar-refractivity contribution in [2.24, 2.45) is 5.92 Å². The van der Waals surface area contributed by atoms with E-state index in [1.165, 1.54) is 0 Å². The Labute approximate surface area is 179 Å². The van der Waals surface area contributed by atoms with Crippen LogP contribution in [-0.2, 0) is 4.79 Å². The van der Waals surface area contributed by atoms with E-state index < -0.39 is 11.5 Å². The minimum atomic E-state index is -0.643. The highest BCUT2D eigenvalue weighted by molar-refractivity contribution is 5.96. The molecule has 1 aliphatic rings. The van der Waals surface area contributed by atoms with Gasteiger partial charge in [0.05, 0.1) is 0 Å². The van der Waals surface area contributed by atoms with Gasteiger partial charge in [-0.15, -0.1) is 0 Å². The van der Waals surface area contributed by atoms with Crippen LogP contribution < -0.4 is 15.7 Å². The lowest BCUT2D eigenvalue weighted by atomic mass is 9.96. The molecule has 7 heteroatoms. The maximum Gasteiger partial charge on any atom is 0.349 e. The molecule has 0 bridgehead atoms. The molecule has 31 heavy (non-hydrogen) atoms. The quantitative estimate of drug-likeness (QED) is 0.620. The molecular formula is C24H24N2O5. The average molecular weight is 420 g/mol. The molecular weight excluding hydrogens is 396 g/mol.